The number of fused-ring (bicyclic) bond motifs is 2. The van der Waals surface area contributed by atoms with E-state index >= 15 is 0 Å². The second-order valence-electron chi connectivity index (χ2n) is 7.22. The standard InChI is InChI=1S/C22H19N5O3/c28-21(16-13-24-19-5-1-2-10-27(19)22(16)29)26-11-8-18-17(14-26)25-20(30-18)7-6-15-4-3-9-23-12-15/h1-5,9-10,12-13H,6-8,11,14H2. The molecule has 0 bridgehead atoms. The van der Waals surface area contributed by atoms with Gasteiger partial charge in [0.25, 0.3) is 11.5 Å². The molecule has 1 aliphatic rings. The van der Waals surface area contributed by atoms with Crippen molar-refractivity contribution >= 4 is 11.6 Å². The van der Waals surface area contributed by atoms with E-state index in [1.54, 1.807) is 35.5 Å². The van der Waals surface area contributed by atoms with Crippen molar-refractivity contribution in [2.45, 2.75) is 25.8 Å². The highest BCUT2D eigenvalue weighted by Gasteiger charge is 2.28. The van der Waals surface area contributed by atoms with Crippen molar-refractivity contribution in [1.29, 1.82) is 0 Å². The highest BCUT2D eigenvalue weighted by Crippen LogP contribution is 2.21. The number of oxazole rings is 1. The number of nitrogens with zero attached hydrogens (tertiary/aromatic N) is 5. The summed E-state index contributed by atoms with van der Waals surface area (Å²) in [5.41, 5.74) is 2.07. The SMILES string of the molecule is O=C(c1cnc2ccccn2c1=O)N1CCc2oc(CCc3cccnc3)nc2C1. The van der Waals surface area contributed by atoms with Gasteiger partial charge >= 0.3 is 0 Å². The molecule has 5 rings (SSSR count). The first-order valence-corrected chi connectivity index (χ1v) is 9.81. The van der Waals surface area contributed by atoms with Crippen LogP contribution in [-0.4, -0.2) is 36.7 Å². The molecule has 4 aromatic heterocycles. The summed E-state index contributed by atoms with van der Waals surface area (Å²) in [6.45, 7) is 0.793. The maximum absolute atomic E-state index is 13.0. The number of carbonyl (C=O) groups excluding carboxylic acids is 1. The average molecular weight is 401 g/mol. The Morgan fingerprint density at radius 2 is 2.07 bits per heavy atom. The van der Waals surface area contributed by atoms with Crippen LogP contribution in [0.4, 0.5) is 0 Å². The molecule has 30 heavy (non-hydrogen) atoms. The second kappa shape index (κ2) is 7.55. The van der Waals surface area contributed by atoms with Crippen LogP contribution >= 0.6 is 0 Å². The van der Waals surface area contributed by atoms with Crippen molar-refractivity contribution in [2.24, 2.45) is 0 Å². The second-order valence-corrected chi connectivity index (χ2v) is 7.22. The lowest BCUT2D eigenvalue weighted by molar-refractivity contribution is 0.0725. The molecule has 0 saturated carbocycles. The van der Waals surface area contributed by atoms with Gasteiger partial charge in [0, 0.05) is 44.2 Å². The molecule has 0 radical (unpaired) electrons. The van der Waals surface area contributed by atoms with Gasteiger partial charge in [-0.2, -0.15) is 0 Å². The van der Waals surface area contributed by atoms with E-state index in [4.69, 9.17) is 4.42 Å². The third-order valence-electron chi connectivity index (χ3n) is 5.25. The topological polar surface area (TPSA) is 93.6 Å². The van der Waals surface area contributed by atoms with E-state index in [-0.39, 0.29) is 17.0 Å². The van der Waals surface area contributed by atoms with Gasteiger partial charge in [0.15, 0.2) is 5.89 Å². The number of rotatable bonds is 4. The van der Waals surface area contributed by atoms with Crippen LogP contribution in [0.5, 0.6) is 0 Å². The molecule has 0 aliphatic carbocycles. The van der Waals surface area contributed by atoms with Gasteiger partial charge < -0.3 is 9.32 Å². The summed E-state index contributed by atoms with van der Waals surface area (Å²) in [5.74, 6) is 1.13. The van der Waals surface area contributed by atoms with E-state index in [0.717, 1.165) is 23.4 Å². The Balaban J connectivity index is 1.33. The summed E-state index contributed by atoms with van der Waals surface area (Å²) in [5, 5.41) is 0. The summed E-state index contributed by atoms with van der Waals surface area (Å²) in [6.07, 6.45) is 8.58. The lowest BCUT2D eigenvalue weighted by Gasteiger charge is -2.25. The van der Waals surface area contributed by atoms with E-state index in [1.807, 2.05) is 18.3 Å². The molecule has 0 atom stereocenters. The number of carbonyl (C=O) groups is 1. The predicted octanol–water partition coefficient (Wildman–Crippen LogP) is 2.06. The molecule has 0 fully saturated rings. The molecular formula is C22H19N5O3. The molecule has 1 aliphatic heterocycles. The van der Waals surface area contributed by atoms with Crippen LogP contribution in [0.15, 0.2) is 64.3 Å². The summed E-state index contributed by atoms with van der Waals surface area (Å²) in [4.78, 5) is 40.3. The summed E-state index contributed by atoms with van der Waals surface area (Å²) < 4.78 is 7.28. The Morgan fingerprint density at radius 3 is 2.93 bits per heavy atom. The fraction of sp³-hybridized carbons (Fsp3) is 0.227. The van der Waals surface area contributed by atoms with Gasteiger partial charge in [0.1, 0.15) is 22.7 Å². The average Bonchev–Trinajstić information content (AvgIpc) is 3.21. The molecule has 0 saturated heterocycles. The molecule has 8 nitrogen and oxygen atoms in total. The van der Waals surface area contributed by atoms with Crippen LogP contribution in [-0.2, 0) is 25.8 Å². The molecule has 0 aromatic carbocycles. The van der Waals surface area contributed by atoms with Gasteiger partial charge in [-0.1, -0.05) is 12.1 Å². The minimum Gasteiger partial charge on any atom is -0.445 e. The lowest BCUT2D eigenvalue weighted by atomic mass is 10.1. The Labute approximate surface area is 171 Å². The van der Waals surface area contributed by atoms with Crippen LogP contribution in [0.2, 0.25) is 0 Å². The molecule has 0 spiro atoms. The number of pyridine rings is 2. The Bertz CT molecular complexity index is 1280. The predicted molar refractivity (Wildman–Crippen MR) is 108 cm³/mol. The third kappa shape index (κ3) is 3.36. The Kier molecular flexibility index (Phi) is 4.59. The van der Waals surface area contributed by atoms with Crippen LogP contribution in [0.1, 0.15) is 33.3 Å². The van der Waals surface area contributed by atoms with Gasteiger partial charge in [0.05, 0.1) is 6.54 Å². The van der Waals surface area contributed by atoms with Crippen molar-refractivity contribution in [3.63, 3.8) is 0 Å². The Hall–Kier alpha value is -3.81. The van der Waals surface area contributed by atoms with Gasteiger partial charge in [0.2, 0.25) is 0 Å². The summed E-state index contributed by atoms with van der Waals surface area (Å²) in [7, 11) is 0. The molecule has 8 heteroatoms. The molecule has 1 amide bonds. The maximum atomic E-state index is 13.0. The van der Waals surface area contributed by atoms with Crippen molar-refractivity contribution in [2.75, 3.05) is 6.54 Å². The lowest BCUT2D eigenvalue weighted by Crippen LogP contribution is -2.39. The smallest absolute Gasteiger partial charge is 0.270 e. The number of aryl methyl sites for hydroxylation is 2. The van der Waals surface area contributed by atoms with Crippen LogP contribution in [0.25, 0.3) is 5.65 Å². The monoisotopic (exact) mass is 401 g/mol. The summed E-state index contributed by atoms with van der Waals surface area (Å²) in [6, 6.07) is 9.19. The molecular weight excluding hydrogens is 382 g/mol. The molecule has 0 N–H and O–H groups in total. The van der Waals surface area contributed by atoms with Crippen LogP contribution in [0, 0.1) is 0 Å². The quantitative estimate of drug-likeness (QED) is 0.520. The molecule has 150 valence electrons. The van der Waals surface area contributed by atoms with Crippen molar-refractivity contribution < 1.29 is 9.21 Å². The largest absolute Gasteiger partial charge is 0.445 e. The van der Waals surface area contributed by atoms with E-state index in [9.17, 15) is 9.59 Å². The highest BCUT2D eigenvalue weighted by molar-refractivity contribution is 5.93. The van der Waals surface area contributed by atoms with E-state index in [1.165, 1.54) is 10.6 Å². The van der Waals surface area contributed by atoms with E-state index in [0.29, 0.717) is 37.5 Å². The fourth-order valence-corrected chi connectivity index (χ4v) is 3.67. The Morgan fingerprint density at radius 1 is 1.13 bits per heavy atom. The van der Waals surface area contributed by atoms with Gasteiger partial charge in [-0.15, -0.1) is 0 Å². The third-order valence-corrected chi connectivity index (χ3v) is 5.25. The number of hydrogen-bond acceptors (Lipinski definition) is 6. The molecule has 0 unspecified atom stereocenters. The fourth-order valence-electron chi connectivity index (χ4n) is 3.67. The minimum absolute atomic E-state index is 0.0578. The van der Waals surface area contributed by atoms with Gasteiger partial charge in [-0.3, -0.25) is 19.0 Å². The number of aromatic nitrogens is 4. The number of amides is 1. The van der Waals surface area contributed by atoms with Crippen molar-refractivity contribution in [3.8, 4) is 0 Å². The van der Waals surface area contributed by atoms with Gasteiger partial charge in [-0.05, 0) is 30.2 Å². The zero-order chi connectivity index (χ0) is 20.5. The molecule has 5 heterocycles. The zero-order valence-corrected chi connectivity index (χ0v) is 16.2. The first-order valence-electron chi connectivity index (χ1n) is 9.81. The normalized spacial score (nSPS) is 13.4. The maximum Gasteiger partial charge on any atom is 0.270 e. The highest BCUT2D eigenvalue weighted by atomic mass is 16.4. The number of hydrogen-bond donors (Lipinski definition) is 0. The van der Waals surface area contributed by atoms with E-state index < -0.39 is 0 Å². The van der Waals surface area contributed by atoms with Crippen LogP contribution in [0.3, 0.4) is 0 Å². The first kappa shape index (κ1) is 18.2. The van der Waals surface area contributed by atoms with Crippen molar-refractivity contribution in [1.82, 2.24) is 24.3 Å². The van der Waals surface area contributed by atoms with Crippen LogP contribution < -0.4 is 5.56 Å². The first-order chi connectivity index (χ1) is 14.7. The van der Waals surface area contributed by atoms with Gasteiger partial charge in [-0.25, -0.2) is 9.97 Å². The summed E-state index contributed by atoms with van der Waals surface area (Å²) >= 11 is 0. The van der Waals surface area contributed by atoms with E-state index in [2.05, 4.69) is 15.0 Å². The van der Waals surface area contributed by atoms with Crippen molar-refractivity contribution in [3.05, 3.63) is 93.9 Å². The molecule has 4 aromatic rings. The zero-order valence-electron chi connectivity index (χ0n) is 16.2. The minimum atomic E-state index is -0.367.